The molecule has 3 aromatic carbocycles. The summed E-state index contributed by atoms with van der Waals surface area (Å²) in [6.07, 6.45) is 0. The zero-order chi connectivity index (χ0) is 20.3. The van der Waals surface area contributed by atoms with E-state index in [9.17, 15) is 4.79 Å². The molecule has 6 heteroatoms. The van der Waals surface area contributed by atoms with Crippen molar-refractivity contribution in [2.75, 3.05) is 13.2 Å². The third-order valence-corrected chi connectivity index (χ3v) is 4.25. The number of hydrogen-bond donors (Lipinski definition) is 2. The fraction of sp³-hybridized carbons (Fsp3) is 0.130. The number of carbonyl (C=O) groups excluding carboxylic acids is 1. The highest BCUT2D eigenvalue weighted by Crippen LogP contribution is 2.13. The van der Waals surface area contributed by atoms with Crippen LogP contribution in [0.25, 0.3) is 0 Å². The van der Waals surface area contributed by atoms with Crippen LogP contribution in [-0.4, -0.2) is 24.2 Å². The van der Waals surface area contributed by atoms with E-state index in [4.69, 9.17) is 21.7 Å². The molecule has 0 aliphatic rings. The predicted octanol–water partition coefficient (Wildman–Crippen LogP) is 3.95. The van der Waals surface area contributed by atoms with Crippen LogP contribution in [0.1, 0.15) is 15.9 Å². The Morgan fingerprint density at radius 3 is 1.93 bits per heavy atom. The van der Waals surface area contributed by atoms with Gasteiger partial charge in [0.25, 0.3) is 5.91 Å². The van der Waals surface area contributed by atoms with E-state index < -0.39 is 0 Å². The van der Waals surface area contributed by atoms with E-state index in [1.165, 1.54) is 0 Å². The second-order valence-electron chi connectivity index (χ2n) is 6.16. The number of carbonyl (C=O) groups is 1. The highest BCUT2D eigenvalue weighted by atomic mass is 32.1. The van der Waals surface area contributed by atoms with Crippen LogP contribution >= 0.6 is 12.2 Å². The quantitative estimate of drug-likeness (QED) is 0.438. The van der Waals surface area contributed by atoms with E-state index in [-0.39, 0.29) is 11.0 Å². The van der Waals surface area contributed by atoms with Crippen molar-refractivity contribution in [2.24, 2.45) is 0 Å². The molecule has 0 aliphatic carbocycles. The van der Waals surface area contributed by atoms with Crippen molar-refractivity contribution in [1.29, 1.82) is 0 Å². The van der Waals surface area contributed by atoms with Gasteiger partial charge >= 0.3 is 0 Å². The lowest BCUT2D eigenvalue weighted by Gasteiger charge is -2.11. The highest BCUT2D eigenvalue weighted by molar-refractivity contribution is 7.80. The fourth-order valence-corrected chi connectivity index (χ4v) is 2.70. The van der Waals surface area contributed by atoms with Crippen LogP contribution in [0.5, 0.6) is 11.5 Å². The number of rotatable bonds is 8. The molecule has 3 rings (SSSR count). The van der Waals surface area contributed by atoms with Crippen molar-refractivity contribution in [3.05, 3.63) is 96.1 Å². The third kappa shape index (κ3) is 6.93. The Balaban J connectivity index is 1.39. The first kappa shape index (κ1) is 20.4. The average Bonchev–Trinajstić information content (AvgIpc) is 2.77. The summed E-state index contributed by atoms with van der Waals surface area (Å²) in [5.74, 6) is 1.21. The van der Waals surface area contributed by atoms with Crippen LogP contribution in [0, 0.1) is 0 Å². The largest absolute Gasteiger partial charge is 0.490 e. The van der Waals surface area contributed by atoms with Crippen LogP contribution in [0.15, 0.2) is 84.9 Å². The van der Waals surface area contributed by atoms with Gasteiger partial charge in [0.15, 0.2) is 5.11 Å². The summed E-state index contributed by atoms with van der Waals surface area (Å²) in [6, 6.07) is 26.3. The van der Waals surface area contributed by atoms with E-state index in [2.05, 4.69) is 10.6 Å². The number of thiocarbonyl (C=S) groups is 1. The van der Waals surface area contributed by atoms with Gasteiger partial charge in [0, 0.05) is 12.1 Å². The molecule has 0 bridgehead atoms. The van der Waals surface area contributed by atoms with Gasteiger partial charge in [-0.2, -0.15) is 0 Å². The first-order chi connectivity index (χ1) is 14.2. The van der Waals surface area contributed by atoms with Gasteiger partial charge in [-0.15, -0.1) is 0 Å². The van der Waals surface area contributed by atoms with Gasteiger partial charge in [0.1, 0.15) is 24.7 Å². The van der Waals surface area contributed by atoms with Gasteiger partial charge in [-0.1, -0.05) is 48.5 Å². The van der Waals surface area contributed by atoms with Crippen molar-refractivity contribution < 1.29 is 14.3 Å². The van der Waals surface area contributed by atoms with Gasteiger partial charge in [-0.25, -0.2) is 0 Å². The maximum Gasteiger partial charge on any atom is 0.257 e. The third-order valence-electron chi connectivity index (χ3n) is 4.00. The van der Waals surface area contributed by atoms with Gasteiger partial charge in [0.05, 0.1) is 0 Å². The van der Waals surface area contributed by atoms with Gasteiger partial charge in [-0.05, 0) is 54.2 Å². The molecular formula is C23H22N2O3S. The minimum absolute atomic E-state index is 0.269. The molecule has 5 nitrogen and oxygen atoms in total. The van der Waals surface area contributed by atoms with Gasteiger partial charge in [-0.3, -0.25) is 10.1 Å². The van der Waals surface area contributed by atoms with Crippen molar-refractivity contribution in [3.63, 3.8) is 0 Å². The molecule has 0 unspecified atom stereocenters. The molecule has 0 saturated carbocycles. The first-order valence-electron chi connectivity index (χ1n) is 9.24. The summed E-state index contributed by atoms with van der Waals surface area (Å²) in [5.41, 5.74) is 1.59. The normalized spacial score (nSPS) is 10.1. The summed E-state index contributed by atoms with van der Waals surface area (Å²) in [4.78, 5) is 12.3. The molecule has 0 fully saturated rings. The van der Waals surface area contributed by atoms with Crippen LogP contribution in [0.4, 0.5) is 0 Å². The average molecular weight is 407 g/mol. The van der Waals surface area contributed by atoms with E-state index in [0.717, 1.165) is 11.3 Å². The van der Waals surface area contributed by atoms with Crippen LogP contribution in [-0.2, 0) is 6.54 Å². The fourth-order valence-electron chi connectivity index (χ4n) is 2.54. The first-order valence-corrected chi connectivity index (χ1v) is 9.65. The smallest absolute Gasteiger partial charge is 0.257 e. The lowest BCUT2D eigenvalue weighted by molar-refractivity contribution is 0.0976. The number of benzene rings is 3. The Labute approximate surface area is 175 Å². The molecule has 0 saturated heterocycles. The molecule has 148 valence electrons. The van der Waals surface area contributed by atoms with Gasteiger partial charge in [0.2, 0.25) is 0 Å². The highest BCUT2D eigenvalue weighted by Gasteiger charge is 2.08. The summed E-state index contributed by atoms with van der Waals surface area (Å²) in [5, 5.41) is 5.99. The standard InChI is InChI=1S/C23H22N2O3S/c26-22(25-23(29)24-17-18-7-3-1-4-8-18)19-11-13-21(14-12-19)28-16-15-27-20-9-5-2-6-10-20/h1-14H,15-17H2,(H2,24,25,26,29). The zero-order valence-electron chi connectivity index (χ0n) is 15.8. The molecular weight excluding hydrogens is 384 g/mol. The second-order valence-corrected chi connectivity index (χ2v) is 6.57. The number of amides is 1. The molecule has 2 N–H and O–H groups in total. The lowest BCUT2D eigenvalue weighted by atomic mass is 10.2. The summed E-state index contributed by atoms with van der Waals surface area (Å²) in [7, 11) is 0. The molecule has 1 amide bonds. The van der Waals surface area contributed by atoms with Gasteiger partial charge < -0.3 is 14.8 Å². The number of nitrogens with one attached hydrogen (secondary N) is 2. The monoisotopic (exact) mass is 406 g/mol. The predicted molar refractivity (Wildman–Crippen MR) is 117 cm³/mol. The Bertz CT molecular complexity index is 916. The molecule has 0 atom stereocenters. The zero-order valence-corrected chi connectivity index (χ0v) is 16.7. The Hall–Kier alpha value is -3.38. The number of para-hydroxylation sites is 1. The van der Waals surface area contributed by atoms with Crippen LogP contribution < -0.4 is 20.1 Å². The van der Waals surface area contributed by atoms with Crippen molar-refractivity contribution in [2.45, 2.75) is 6.54 Å². The number of hydrogen-bond acceptors (Lipinski definition) is 4. The Morgan fingerprint density at radius 2 is 1.31 bits per heavy atom. The lowest BCUT2D eigenvalue weighted by Crippen LogP contribution is -2.38. The van der Waals surface area contributed by atoms with E-state index in [0.29, 0.717) is 31.1 Å². The molecule has 3 aromatic rings. The maximum atomic E-state index is 12.3. The Morgan fingerprint density at radius 1 is 0.759 bits per heavy atom. The summed E-state index contributed by atoms with van der Waals surface area (Å²) in [6.45, 7) is 1.40. The minimum Gasteiger partial charge on any atom is -0.490 e. The molecule has 0 aromatic heterocycles. The maximum absolute atomic E-state index is 12.3. The van der Waals surface area contributed by atoms with Crippen molar-refractivity contribution in [1.82, 2.24) is 10.6 Å². The van der Waals surface area contributed by atoms with Crippen LogP contribution in [0.3, 0.4) is 0 Å². The van der Waals surface area contributed by atoms with Crippen LogP contribution in [0.2, 0.25) is 0 Å². The van der Waals surface area contributed by atoms with E-state index in [1.54, 1.807) is 24.3 Å². The van der Waals surface area contributed by atoms with Crippen molar-refractivity contribution >= 4 is 23.2 Å². The molecule has 0 aliphatic heterocycles. The number of ether oxygens (including phenoxy) is 2. The van der Waals surface area contributed by atoms with E-state index >= 15 is 0 Å². The second kappa shape index (κ2) is 10.8. The minimum atomic E-state index is -0.269. The Kier molecular flexibility index (Phi) is 7.60. The molecule has 0 heterocycles. The summed E-state index contributed by atoms with van der Waals surface area (Å²) >= 11 is 5.18. The molecule has 29 heavy (non-hydrogen) atoms. The topological polar surface area (TPSA) is 59.6 Å². The van der Waals surface area contributed by atoms with E-state index in [1.807, 2.05) is 60.7 Å². The summed E-state index contributed by atoms with van der Waals surface area (Å²) < 4.78 is 11.2. The van der Waals surface area contributed by atoms with Crippen molar-refractivity contribution in [3.8, 4) is 11.5 Å². The molecule has 0 spiro atoms. The molecule has 0 radical (unpaired) electrons. The SMILES string of the molecule is O=C(NC(=S)NCc1ccccc1)c1ccc(OCCOc2ccccc2)cc1.